The largest absolute Gasteiger partial charge is 0.497 e. The van der Waals surface area contributed by atoms with Crippen molar-refractivity contribution in [3.63, 3.8) is 0 Å². The maximum absolute atomic E-state index is 13.6. The van der Waals surface area contributed by atoms with Crippen LogP contribution in [0.4, 0.5) is 33.5 Å². The average Bonchev–Trinajstić information content (AvgIpc) is 3.23. The zero-order chi connectivity index (χ0) is 37.7. The van der Waals surface area contributed by atoms with Crippen molar-refractivity contribution in [1.82, 2.24) is 30.0 Å². The Morgan fingerprint density at radius 2 is 1.45 bits per heavy atom. The van der Waals surface area contributed by atoms with Crippen molar-refractivity contribution in [2.75, 3.05) is 106 Å². The first-order valence-corrected chi connectivity index (χ1v) is 19.6. The highest BCUT2D eigenvalue weighted by Crippen LogP contribution is 2.30. The summed E-state index contributed by atoms with van der Waals surface area (Å²) in [4.78, 5) is 48.8. The Labute approximate surface area is 323 Å². The Bertz CT molecular complexity index is 1960. The minimum Gasteiger partial charge on any atom is -0.497 e. The summed E-state index contributed by atoms with van der Waals surface area (Å²) in [6.45, 7) is 14.8. The molecule has 13 heteroatoms. The maximum Gasteiger partial charge on any atom is 0.331 e. The van der Waals surface area contributed by atoms with Gasteiger partial charge in [0.25, 0.3) is 0 Å². The Kier molecular flexibility index (Phi) is 11.1. The van der Waals surface area contributed by atoms with E-state index in [9.17, 15) is 9.59 Å². The molecule has 0 atom stereocenters. The number of amides is 3. The van der Waals surface area contributed by atoms with Gasteiger partial charge in [0.15, 0.2) is 0 Å². The fourth-order valence-corrected chi connectivity index (χ4v) is 8.04. The van der Waals surface area contributed by atoms with Gasteiger partial charge in [-0.15, -0.1) is 0 Å². The summed E-state index contributed by atoms with van der Waals surface area (Å²) < 4.78 is 5.25. The van der Waals surface area contributed by atoms with Gasteiger partial charge in [-0.1, -0.05) is 12.1 Å². The number of rotatable bonds is 11. The third kappa shape index (κ3) is 8.54. The molecule has 0 aliphatic carbocycles. The normalized spacial score (nSPS) is 18.4. The van der Waals surface area contributed by atoms with Crippen LogP contribution >= 0.6 is 0 Å². The van der Waals surface area contributed by atoms with E-state index in [0.29, 0.717) is 18.9 Å². The van der Waals surface area contributed by atoms with Crippen molar-refractivity contribution in [1.29, 1.82) is 0 Å². The number of carbonyl (C=O) groups excluding carboxylic acids is 2. The Hall–Kier alpha value is -5.24. The van der Waals surface area contributed by atoms with Crippen LogP contribution in [0.1, 0.15) is 28.8 Å². The van der Waals surface area contributed by atoms with Crippen molar-refractivity contribution in [2.24, 2.45) is 0 Å². The van der Waals surface area contributed by atoms with Crippen LogP contribution in [0.5, 0.6) is 5.75 Å². The summed E-state index contributed by atoms with van der Waals surface area (Å²) in [6, 6.07) is 22.2. The van der Waals surface area contributed by atoms with Gasteiger partial charge in [0, 0.05) is 114 Å². The van der Waals surface area contributed by atoms with E-state index in [4.69, 9.17) is 9.72 Å². The van der Waals surface area contributed by atoms with Crippen LogP contribution in [0.2, 0.25) is 0 Å². The molecule has 4 aromatic rings. The smallest absolute Gasteiger partial charge is 0.331 e. The Morgan fingerprint density at radius 3 is 2.13 bits per heavy atom. The van der Waals surface area contributed by atoms with Crippen LogP contribution in [-0.2, 0) is 24.3 Å². The number of aryl methyl sites for hydroxylation is 1. The molecule has 288 valence electrons. The third-order valence-electron chi connectivity index (χ3n) is 11.4. The molecule has 0 radical (unpaired) electrons. The van der Waals surface area contributed by atoms with Crippen LogP contribution in [0.15, 0.2) is 72.9 Å². The number of fused-ring (bicyclic) bond motifs is 1. The number of ether oxygens (including phenoxy) is 1. The van der Waals surface area contributed by atoms with Crippen LogP contribution < -0.4 is 30.1 Å². The van der Waals surface area contributed by atoms with E-state index in [2.05, 4.69) is 78.5 Å². The Morgan fingerprint density at radius 1 is 0.782 bits per heavy atom. The van der Waals surface area contributed by atoms with Crippen molar-refractivity contribution < 1.29 is 14.3 Å². The highest BCUT2D eigenvalue weighted by molar-refractivity contribution is 6.06. The maximum atomic E-state index is 13.6. The predicted molar refractivity (Wildman–Crippen MR) is 217 cm³/mol. The number of aromatic nitrogens is 2. The van der Waals surface area contributed by atoms with Crippen LogP contribution in [-0.4, -0.2) is 122 Å². The van der Waals surface area contributed by atoms with Crippen LogP contribution in [0.25, 0.3) is 0 Å². The molecule has 3 saturated heterocycles. The molecular weight excluding hydrogens is 693 g/mol. The monoisotopic (exact) mass is 744 g/mol. The number of anilines is 5. The Balaban J connectivity index is 0.770. The minimum absolute atomic E-state index is 0.142. The van der Waals surface area contributed by atoms with E-state index in [0.717, 1.165) is 119 Å². The van der Waals surface area contributed by atoms with Gasteiger partial charge in [-0.2, -0.15) is 0 Å². The molecule has 13 nitrogen and oxygen atoms in total. The van der Waals surface area contributed by atoms with Crippen molar-refractivity contribution >= 4 is 40.6 Å². The number of nitrogens with zero attached hydrogens (tertiary/aromatic N) is 8. The second-order valence-corrected chi connectivity index (χ2v) is 14.9. The van der Waals surface area contributed by atoms with Crippen molar-refractivity contribution in [3.8, 4) is 5.75 Å². The van der Waals surface area contributed by atoms with Gasteiger partial charge in [-0.3, -0.25) is 24.4 Å². The number of hydrogen-bond donors (Lipinski definition) is 2. The van der Waals surface area contributed by atoms with E-state index < -0.39 is 0 Å². The number of carbonyl (C=O) groups is 2. The molecule has 2 N–H and O–H groups in total. The molecule has 4 aliphatic heterocycles. The zero-order valence-electron chi connectivity index (χ0n) is 32.0. The van der Waals surface area contributed by atoms with Crippen LogP contribution in [0, 0.1) is 6.92 Å². The molecule has 8 rings (SSSR count). The average molecular weight is 745 g/mol. The number of methoxy groups -OCH3 is 1. The van der Waals surface area contributed by atoms with E-state index >= 15 is 0 Å². The van der Waals surface area contributed by atoms with E-state index in [1.54, 1.807) is 12.0 Å². The summed E-state index contributed by atoms with van der Waals surface area (Å²) in [5, 5.41) is 6.75. The van der Waals surface area contributed by atoms with Gasteiger partial charge in [0.05, 0.1) is 19.3 Å². The molecule has 0 bridgehead atoms. The molecule has 4 aliphatic rings. The molecule has 0 spiro atoms. The first-order chi connectivity index (χ1) is 26.9. The number of piperazine rings is 2. The summed E-state index contributed by atoms with van der Waals surface area (Å²) in [5.74, 6) is 1.25. The number of urea groups is 1. The predicted octanol–water partition coefficient (Wildman–Crippen LogP) is 4.49. The molecular formula is C42H52N10O3. The summed E-state index contributed by atoms with van der Waals surface area (Å²) in [6.07, 6.45) is 3.24. The van der Waals surface area contributed by atoms with Gasteiger partial charge in [0.2, 0.25) is 11.9 Å². The molecule has 1 aromatic heterocycles. The molecule has 3 amide bonds. The van der Waals surface area contributed by atoms with Gasteiger partial charge >= 0.3 is 6.03 Å². The van der Waals surface area contributed by atoms with Gasteiger partial charge in [-0.25, -0.2) is 14.8 Å². The van der Waals surface area contributed by atoms with E-state index in [1.165, 1.54) is 21.8 Å². The quantitative estimate of drug-likeness (QED) is 0.227. The lowest BCUT2D eigenvalue weighted by molar-refractivity contribution is -0.129. The fourth-order valence-electron chi connectivity index (χ4n) is 8.04. The van der Waals surface area contributed by atoms with E-state index in [1.807, 2.05) is 36.5 Å². The van der Waals surface area contributed by atoms with Crippen molar-refractivity contribution in [2.45, 2.75) is 32.9 Å². The molecule has 5 heterocycles. The van der Waals surface area contributed by atoms with Crippen LogP contribution in [0.3, 0.4) is 0 Å². The lowest BCUT2D eigenvalue weighted by Gasteiger charge is -2.39. The van der Waals surface area contributed by atoms with Gasteiger partial charge < -0.3 is 25.2 Å². The summed E-state index contributed by atoms with van der Waals surface area (Å²) in [7, 11) is 1.62. The topological polar surface area (TPSA) is 113 Å². The second-order valence-electron chi connectivity index (χ2n) is 14.9. The molecule has 3 aromatic carbocycles. The van der Waals surface area contributed by atoms with Crippen molar-refractivity contribution in [3.05, 3.63) is 95.3 Å². The van der Waals surface area contributed by atoms with Gasteiger partial charge in [-0.05, 0) is 91.2 Å². The molecule has 55 heavy (non-hydrogen) atoms. The minimum atomic E-state index is -0.268. The molecule has 0 saturated carbocycles. The second kappa shape index (κ2) is 16.6. The summed E-state index contributed by atoms with van der Waals surface area (Å²) in [5.41, 5.74) is 8.55. The summed E-state index contributed by atoms with van der Waals surface area (Å²) >= 11 is 0. The third-order valence-corrected chi connectivity index (χ3v) is 11.4. The number of nitrogens with one attached hydrogen (secondary N) is 2. The highest BCUT2D eigenvalue weighted by atomic mass is 16.5. The van der Waals surface area contributed by atoms with Gasteiger partial charge in [0.1, 0.15) is 5.75 Å². The first-order valence-electron chi connectivity index (χ1n) is 19.6. The number of imide groups is 1. The lowest BCUT2D eigenvalue weighted by atomic mass is 10.1. The lowest BCUT2D eigenvalue weighted by Crippen LogP contribution is -2.52. The molecule has 0 unspecified atom stereocenters. The zero-order valence-corrected chi connectivity index (χ0v) is 32.0. The number of benzene rings is 3. The fraction of sp³-hybridized carbons (Fsp3) is 0.429. The standard InChI is InChI=1S/C42H52N10O3/c1-31-27-36(9-12-39(31)51-16-14-40(53)52(42(51)54)30-32-3-10-37(55-2)11-4-32)50-25-21-48(22-26-50)18-17-47-19-23-49(24-20-47)35-7-5-34(6-8-35)45-41-44-28-33-13-15-43-29-38(33)46-41/h3-12,27-28,43H,13-26,29-30H2,1-2H3,(H,44,45,46). The highest BCUT2D eigenvalue weighted by Gasteiger charge is 2.34. The van der Waals surface area contributed by atoms with E-state index in [-0.39, 0.29) is 18.5 Å². The first kappa shape index (κ1) is 36.7. The molecule has 3 fully saturated rings. The SMILES string of the molecule is COc1ccc(CN2C(=O)CCN(c3ccc(N4CCN(CCN5CCN(c6ccc(Nc7ncc8c(n7)CNCC8)cc6)CC5)CC4)cc3C)C2=O)cc1. The number of hydrogen-bond acceptors (Lipinski definition) is 11.